The van der Waals surface area contributed by atoms with E-state index in [0.717, 1.165) is 31.5 Å². The van der Waals surface area contributed by atoms with Crippen molar-refractivity contribution in [2.75, 3.05) is 0 Å². The normalized spacial score (nSPS) is 12.6. The summed E-state index contributed by atoms with van der Waals surface area (Å²) in [6, 6.07) is 10.3. The molecule has 0 aliphatic heterocycles. The third-order valence-electron chi connectivity index (χ3n) is 3.19. The van der Waals surface area contributed by atoms with Gasteiger partial charge in [-0.15, -0.1) is 11.6 Å². The number of imidazole rings is 1. The van der Waals surface area contributed by atoms with Crippen molar-refractivity contribution in [3.8, 4) is 0 Å². The van der Waals surface area contributed by atoms with Crippen molar-refractivity contribution in [2.45, 2.75) is 31.1 Å². The van der Waals surface area contributed by atoms with E-state index in [9.17, 15) is 0 Å². The minimum absolute atomic E-state index is 0.132. The van der Waals surface area contributed by atoms with Crippen molar-refractivity contribution >= 4 is 11.6 Å². The number of nitrogens with zero attached hydrogens (tertiary/aromatic N) is 2. The van der Waals surface area contributed by atoms with Crippen molar-refractivity contribution in [3.63, 3.8) is 0 Å². The summed E-state index contributed by atoms with van der Waals surface area (Å²) in [4.78, 5) is 4.32. The molecule has 0 N–H and O–H groups in total. The lowest BCUT2D eigenvalue weighted by molar-refractivity contribution is 0.638. The quantitative estimate of drug-likeness (QED) is 0.566. The van der Waals surface area contributed by atoms with Crippen LogP contribution in [0, 0.1) is 0 Å². The van der Waals surface area contributed by atoms with Gasteiger partial charge in [0.2, 0.25) is 0 Å². The number of unbranched alkanes of at least 4 members (excludes halogenated alkanes) is 1. The molecule has 1 aromatic carbocycles. The Morgan fingerprint density at radius 1 is 1.22 bits per heavy atom. The van der Waals surface area contributed by atoms with E-state index in [-0.39, 0.29) is 5.38 Å². The highest BCUT2D eigenvalue weighted by atomic mass is 35.5. The van der Waals surface area contributed by atoms with Crippen LogP contribution in [0.4, 0.5) is 0 Å². The molecule has 96 valence electrons. The van der Waals surface area contributed by atoms with E-state index in [4.69, 9.17) is 11.6 Å². The minimum Gasteiger partial charge on any atom is -0.338 e. The van der Waals surface area contributed by atoms with Crippen LogP contribution in [0.2, 0.25) is 0 Å². The van der Waals surface area contributed by atoms with E-state index in [1.54, 1.807) is 0 Å². The second kappa shape index (κ2) is 6.60. The second-order valence-corrected chi connectivity index (χ2v) is 5.11. The average Bonchev–Trinajstić information content (AvgIpc) is 2.81. The summed E-state index contributed by atoms with van der Waals surface area (Å²) in [6.45, 7) is 0. The highest BCUT2D eigenvalue weighted by Crippen LogP contribution is 2.26. The first-order valence-electron chi connectivity index (χ1n) is 6.42. The summed E-state index contributed by atoms with van der Waals surface area (Å²) in [5.74, 6) is 1.15. The summed E-state index contributed by atoms with van der Waals surface area (Å²) < 4.78 is 2.08. The third-order valence-corrected chi connectivity index (χ3v) is 3.66. The van der Waals surface area contributed by atoms with Crippen LogP contribution in [-0.4, -0.2) is 9.55 Å². The van der Waals surface area contributed by atoms with Gasteiger partial charge >= 0.3 is 0 Å². The maximum atomic E-state index is 6.38. The van der Waals surface area contributed by atoms with Crippen molar-refractivity contribution < 1.29 is 0 Å². The molecule has 0 aliphatic rings. The number of hydrogen-bond donors (Lipinski definition) is 0. The van der Waals surface area contributed by atoms with E-state index in [2.05, 4.69) is 21.7 Å². The van der Waals surface area contributed by atoms with Crippen LogP contribution in [0.3, 0.4) is 0 Å². The lowest BCUT2D eigenvalue weighted by Gasteiger charge is -2.09. The number of benzene rings is 1. The van der Waals surface area contributed by atoms with Crippen LogP contribution in [0.25, 0.3) is 0 Å². The van der Waals surface area contributed by atoms with E-state index in [1.165, 1.54) is 5.56 Å². The Morgan fingerprint density at radius 2 is 2.00 bits per heavy atom. The number of halogens is 1. The van der Waals surface area contributed by atoms with Crippen LogP contribution in [0.15, 0.2) is 42.7 Å². The van der Waals surface area contributed by atoms with Gasteiger partial charge in [-0.2, -0.15) is 0 Å². The van der Waals surface area contributed by atoms with Gasteiger partial charge in [-0.25, -0.2) is 4.98 Å². The molecule has 1 heterocycles. The van der Waals surface area contributed by atoms with Gasteiger partial charge in [0.1, 0.15) is 5.82 Å². The topological polar surface area (TPSA) is 17.8 Å². The zero-order chi connectivity index (χ0) is 12.8. The van der Waals surface area contributed by atoms with Crippen molar-refractivity contribution in [1.82, 2.24) is 9.55 Å². The fourth-order valence-corrected chi connectivity index (χ4v) is 2.37. The van der Waals surface area contributed by atoms with Crippen LogP contribution >= 0.6 is 11.6 Å². The predicted molar refractivity (Wildman–Crippen MR) is 75.8 cm³/mol. The first-order valence-corrected chi connectivity index (χ1v) is 6.86. The van der Waals surface area contributed by atoms with Gasteiger partial charge in [0.25, 0.3) is 0 Å². The molecule has 0 fully saturated rings. The van der Waals surface area contributed by atoms with Crippen molar-refractivity contribution in [1.29, 1.82) is 0 Å². The minimum atomic E-state index is 0.132. The molecule has 0 radical (unpaired) electrons. The summed E-state index contributed by atoms with van der Waals surface area (Å²) in [5.41, 5.74) is 1.22. The molecule has 2 rings (SSSR count). The number of hydrogen-bond acceptors (Lipinski definition) is 1. The number of aryl methyl sites for hydroxylation is 2. The van der Waals surface area contributed by atoms with Gasteiger partial charge < -0.3 is 4.57 Å². The zero-order valence-electron chi connectivity index (χ0n) is 10.7. The molecular formula is C15H19ClN2. The smallest absolute Gasteiger partial charge is 0.108 e. The fourth-order valence-electron chi connectivity index (χ4n) is 2.07. The molecule has 0 saturated carbocycles. The summed E-state index contributed by atoms with van der Waals surface area (Å²) in [5, 5.41) is 0.132. The molecule has 18 heavy (non-hydrogen) atoms. The lowest BCUT2D eigenvalue weighted by Crippen LogP contribution is -1.98. The molecule has 2 aromatic rings. The van der Waals surface area contributed by atoms with Crippen LogP contribution in [-0.2, 0) is 13.5 Å². The maximum absolute atomic E-state index is 6.38. The fraction of sp³-hybridized carbons (Fsp3) is 0.400. The Hall–Kier alpha value is -1.28. The van der Waals surface area contributed by atoms with Gasteiger partial charge in [0, 0.05) is 25.9 Å². The number of rotatable bonds is 6. The SMILES string of the molecule is Cn1ccnc1CCCCC(Cl)c1ccccc1. The summed E-state index contributed by atoms with van der Waals surface area (Å²) in [6.07, 6.45) is 8.17. The standard InChI is InChI=1S/C15H19ClN2/c1-18-12-11-17-15(18)10-6-5-9-14(16)13-7-3-2-4-8-13/h2-4,7-8,11-12,14H,5-6,9-10H2,1H3. The highest BCUT2D eigenvalue weighted by molar-refractivity contribution is 6.20. The lowest BCUT2D eigenvalue weighted by atomic mass is 10.1. The maximum Gasteiger partial charge on any atom is 0.108 e. The Labute approximate surface area is 114 Å². The van der Waals surface area contributed by atoms with Crippen LogP contribution in [0.5, 0.6) is 0 Å². The Balaban J connectivity index is 1.71. The predicted octanol–water partition coefficient (Wildman–Crippen LogP) is 4.11. The number of aromatic nitrogens is 2. The molecule has 1 atom stereocenters. The molecule has 0 bridgehead atoms. The molecule has 2 nitrogen and oxygen atoms in total. The van der Waals surface area contributed by atoms with Crippen LogP contribution < -0.4 is 0 Å². The average molecular weight is 263 g/mol. The molecule has 3 heteroatoms. The molecule has 0 amide bonds. The Bertz CT molecular complexity index is 464. The largest absolute Gasteiger partial charge is 0.338 e. The first-order chi connectivity index (χ1) is 8.77. The van der Waals surface area contributed by atoms with Gasteiger partial charge in [-0.1, -0.05) is 36.8 Å². The van der Waals surface area contributed by atoms with Gasteiger partial charge in [-0.3, -0.25) is 0 Å². The molecule has 1 unspecified atom stereocenters. The second-order valence-electron chi connectivity index (χ2n) is 4.58. The first kappa shape index (κ1) is 13.2. The van der Waals surface area contributed by atoms with E-state index >= 15 is 0 Å². The van der Waals surface area contributed by atoms with Crippen molar-refractivity contribution in [2.24, 2.45) is 7.05 Å². The molecular weight excluding hydrogens is 244 g/mol. The molecule has 0 spiro atoms. The van der Waals surface area contributed by atoms with Crippen molar-refractivity contribution in [3.05, 3.63) is 54.1 Å². The summed E-state index contributed by atoms with van der Waals surface area (Å²) in [7, 11) is 2.04. The van der Waals surface area contributed by atoms with Crippen LogP contribution in [0.1, 0.15) is 36.0 Å². The number of alkyl halides is 1. The Morgan fingerprint density at radius 3 is 2.67 bits per heavy atom. The molecule has 0 aliphatic carbocycles. The van der Waals surface area contributed by atoms with Gasteiger partial charge in [0.05, 0.1) is 5.38 Å². The summed E-state index contributed by atoms with van der Waals surface area (Å²) >= 11 is 6.38. The van der Waals surface area contributed by atoms with E-state index < -0.39 is 0 Å². The molecule has 1 aromatic heterocycles. The zero-order valence-corrected chi connectivity index (χ0v) is 11.5. The van der Waals surface area contributed by atoms with E-state index in [0.29, 0.717) is 0 Å². The third kappa shape index (κ3) is 3.61. The Kier molecular flexibility index (Phi) is 4.82. The van der Waals surface area contributed by atoms with E-state index in [1.807, 2.05) is 37.6 Å². The highest BCUT2D eigenvalue weighted by Gasteiger charge is 2.07. The van der Waals surface area contributed by atoms with Gasteiger partial charge in [-0.05, 0) is 18.4 Å². The van der Waals surface area contributed by atoms with Gasteiger partial charge in [0.15, 0.2) is 0 Å². The monoisotopic (exact) mass is 262 g/mol. The molecule has 0 saturated heterocycles.